The first kappa shape index (κ1) is 64.0. The molecule has 1 aromatic carbocycles. The normalized spacial score (nSPS) is 24.3. The number of rotatable bonds is 6. The average Bonchev–Trinajstić information content (AvgIpc) is 3.39. The van der Waals surface area contributed by atoms with Gasteiger partial charge in [0.05, 0.1) is 26.2 Å². The predicted molar refractivity (Wildman–Crippen MR) is 286 cm³/mol. The monoisotopic (exact) mass is 1110 g/mol. The highest BCUT2D eigenvalue weighted by Gasteiger charge is 2.40. The molecular weight excluding hydrogens is 1030 g/mol. The minimum atomic E-state index is -1.52. The van der Waals surface area contributed by atoms with Gasteiger partial charge in [-0.2, -0.15) is 0 Å². The highest BCUT2D eigenvalue weighted by molar-refractivity contribution is 5.97. The van der Waals surface area contributed by atoms with Crippen molar-refractivity contribution in [3.63, 3.8) is 0 Å². The Morgan fingerprint density at radius 3 is 1.37 bits per heavy atom. The molecule has 3 aliphatic rings. The Bertz CT molecular complexity index is 2380. The topological polar surface area (TPSA) is 315 Å². The number of hydrogen-bond donors (Lipinski definition) is 6. The summed E-state index contributed by atoms with van der Waals surface area (Å²) in [5.74, 6) is -8.16. The molecule has 0 aliphatic carbocycles. The number of benzene rings is 1. The molecule has 3 heterocycles. The lowest BCUT2D eigenvalue weighted by atomic mass is 10.00. The van der Waals surface area contributed by atoms with E-state index >= 15 is 0 Å². The minimum Gasteiger partial charge on any atom is -0.445 e. The molecule has 438 valence electrons. The maximum atomic E-state index is 14.4. The van der Waals surface area contributed by atoms with Crippen LogP contribution in [0.15, 0.2) is 30.3 Å². The van der Waals surface area contributed by atoms with Crippen LogP contribution < -0.4 is 31.9 Å². The number of carbonyl (C=O) groups excluding carboxylic acids is 12. The van der Waals surface area contributed by atoms with Gasteiger partial charge in [-0.15, -0.1) is 0 Å². The van der Waals surface area contributed by atoms with Crippen molar-refractivity contribution in [3.8, 4) is 0 Å². The molecule has 0 unspecified atom stereocenters. The average molecular weight is 1110 g/mol. The van der Waals surface area contributed by atoms with E-state index in [-0.39, 0.29) is 32.5 Å². The third-order valence-electron chi connectivity index (χ3n) is 13.8. The van der Waals surface area contributed by atoms with Crippen LogP contribution in [0.4, 0.5) is 9.59 Å². The largest absolute Gasteiger partial charge is 0.445 e. The maximum Gasteiger partial charge on any atom is 0.408 e. The van der Waals surface area contributed by atoms with Gasteiger partial charge in [0.15, 0.2) is 0 Å². The Hall–Kier alpha value is -7.54. The molecule has 0 bridgehead atoms. The molecule has 79 heavy (non-hydrogen) atoms. The summed E-state index contributed by atoms with van der Waals surface area (Å²) >= 11 is 0. The van der Waals surface area contributed by atoms with E-state index in [1.165, 1.54) is 38.0 Å². The molecule has 1 aromatic rings. The molecule has 0 radical (unpaired) electrons. The number of carbonyl (C=O) groups is 12. The highest BCUT2D eigenvalue weighted by Crippen LogP contribution is 2.21. The van der Waals surface area contributed by atoms with Crippen molar-refractivity contribution in [1.29, 1.82) is 0 Å². The van der Waals surface area contributed by atoms with Crippen LogP contribution in [-0.2, 0) is 64.0 Å². The first-order valence-electron chi connectivity index (χ1n) is 26.8. The highest BCUT2D eigenvalue weighted by atomic mass is 16.6. The second-order valence-corrected chi connectivity index (χ2v) is 21.9. The van der Waals surface area contributed by atoms with E-state index in [0.717, 1.165) is 19.6 Å². The maximum absolute atomic E-state index is 14.4. The van der Waals surface area contributed by atoms with Crippen molar-refractivity contribution in [3.05, 3.63) is 35.9 Å². The molecule has 26 nitrogen and oxygen atoms in total. The lowest BCUT2D eigenvalue weighted by molar-refractivity contribution is -0.147. The Balaban J connectivity index is 1.67. The van der Waals surface area contributed by atoms with Crippen LogP contribution in [0.5, 0.6) is 0 Å². The van der Waals surface area contributed by atoms with Crippen LogP contribution in [0.2, 0.25) is 0 Å². The smallest absolute Gasteiger partial charge is 0.408 e. The van der Waals surface area contributed by atoms with Crippen LogP contribution in [0.1, 0.15) is 92.6 Å². The van der Waals surface area contributed by atoms with Gasteiger partial charge in [0.1, 0.15) is 48.5 Å². The van der Waals surface area contributed by atoms with E-state index in [1.807, 2.05) is 0 Å². The molecule has 3 saturated heterocycles. The van der Waals surface area contributed by atoms with Crippen molar-refractivity contribution in [1.82, 2.24) is 61.3 Å². The molecule has 0 spiro atoms. The number of nitrogens with zero attached hydrogens (tertiary/aromatic N) is 6. The van der Waals surface area contributed by atoms with Gasteiger partial charge in [0.25, 0.3) is 0 Å². The van der Waals surface area contributed by atoms with Crippen LogP contribution >= 0.6 is 0 Å². The lowest BCUT2D eigenvalue weighted by Crippen LogP contribution is -2.61. The number of fused-ring (bicyclic) bond motifs is 2. The number of alkyl carbamates (subject to hydrolysis) is 2. The summed E-state index contributed by atoms with van der Waals surface area (Å²) in [6.45, 7) is 8.39. The fourth-order valence-corrected chi connectivity index (χ4v) is 9.59. The van der Waals surface area contributed by atoms with E-state index in [9.17, 15) is 57.5 Å². The number of piperidine rings is 2. The molecule has 0 saturated carbocycles. The second-order valence-electron chi connectivity index (χ2n) is 21.9. The summed E-state index contributed by atoms with van der Waals surface area (Å²) in [4.78, 5) is 173. The number of ether oxygens (including phenoxy) is 2. The van der Waals surface area contributed by atoms with Gasteiger partial charge in [0.2, 0.25) is 59.1 Å². The SMILES string of the molecule is CC(C)[C@H]1C(=O)NCC(=O)N(C)CC(=O)N2CCCC[C@H]2C(=O)NC[C@@H](NC(=O)OC(C)(C)C)C(=O)N(C)[C@@H](C(C)C)C(=O)NCC(=O)N(C)CC(=O)N2CCCC[C@H]2C(=O)NC[C@@H](NC(=O)OCc2ccccc2)C(=O)N1C. The molecule has 6 N–H and O–H groups in total. The molecule has 26 heteroatoms. The zero-order valence-corrected chi connectivity index (χ0v) is 47.5. The fourth-order valence-electron chi connectivity index (χ4n) is 9.59. The van der Waals surface area contributed by atoms with E-state index in [0.29, 0.717) is 31.2 Å². The van der Waals surface area contributed by atoms with Gasteiger partial charge in [0, 0.05) is 54.4 Å². The van der Waals surface area contributed by atoms with Crippen LogP contribution in [0, 0.1) is 11.8 Å². The third-order valence-corrected chi connectivity index (χ3v) is 13.8. The molecular formula is C53H82N12O14. The number of nitrogens with one attached hydrogen (secondary N) is 6. The van der Waals surface area contributed by atoms with E-state index in [2.05, 4.69) is 31.9 Å². The molecule has 4 rings (SSSR count). The number of hydrogen-bond acceptors (Lipinski definition) is 14. The van der Waals surface area contributed by atoms with Gasteiger partial charge in [-0.25, -0.2) is 9.59 Å². The molecule has 6 atom stereocenters. The van der Waals surface area contributed by atoms with Gasteiger partial charge in [-0.1, -0.05) is 58.0 Å². The minimum absolute atomic E-state index is 0.146. The second kappa shape index (κ2) is 29.4. The Morgan fingerprint density at radius 2 is 0.975 bits per heavy atom. The first-order valence-corrected chi connectivity index (χ1v) is 26.8. The lowest BCUT2D eigenvalue weighted by Gasteiger charge is -2.37. The van der Waals surface area contributed by atoms with E-state index < -0.39 is 164 Å². The van der Waals surface area contributed by atoms with Crippen molar-refractivity contribution in [2.45, 2.75) is 135 Å². The van der Waals surface area contributed by atoms with Crippen molar-refractivity contribution >= 4 is 71.3 Å². The van der Waals surface area contributed by atoms with Crippen LogP contribution in [-0.4, -0.2) is 223 Å². The molecule has 3 aliphatic heterocycles. The summed E-state index contributed by atoms with van der Waals surface area (Å²) in [7, 11) is 5.33. The predicted octanol–water partition coefficient (Wildman–Crippen LogP) is -0.702. The van der Waals surface area contributed by atoms with Gasteiger partial charge in [-0.05, 0) is 76.7 Å². The van der Waals surface area contributed by atoms with Crippen molar-refractivity contribution in [2.75, 3.05) is 80.5 Å². The van der Waals surface area contributed by atoms with E-state index in [4.69, 9.17) is 9.47 Å². The zero-order valence-electron chi connectivity index (χ0n) is 47.5. The summed E-state index contributed by atoms with van der Waals surface area (Å²) in [6.07, 6.45) is 0.602. The Kier molecular flexibility index (Phi) is 23.8. The molecule has 12 amide bonds. The third kappa shape index (κ3) is 18.8. The Morgan fingerprint density at radius 1 is 0.570 bits per heavy atom. The Labute approximate surface area is 462 Å². The summed E-state index contributed by atoms with van der Waals surface area (Å²) in [6, 6.07) is 1.14. The van der Waals surface area contributed by atoms with Crippen molar-refractivity contribution < 1.29 is 67.0 Å². The number of amides is 12. The van der Waals surface area contributed by atoms with Gasteiger partial charge < -0.3 is 70.8 Å². The first-order chi connectivity index (χ1) is 37.1. The van der Waals surface area contributed by atoms with Crippen LogP contribution in [0.3, 0.4) is 0 Å². The fraction of sp³-hybridized carbons (Fsp3) is 0.660. The van der Waals surface area contributed by atoms with Gasteiger partial charge in [-0.3, -0.25) is 47.9 Å². The van der Waals surface area contributed by atoms with Crippen molar-refractivity contribution in [2.24, 2.45) is 11.8 Å². The zero-order chi connectivity index (χ0) is 58.9. The van der Waals surface area contributed by atoms with E-state index in [1.54, 1.807) is 78.8 Å². The van der Waals surface area contributed by atoms with Gasteiger partial charge >= 0.3 is 12.2 Å². The summed E-state index contributed by atoms with van der Waals surface area (Å²) in [5, 5.41) is 15.5. The summed E-state index contributed by atoms with van der Waals surface area (Å²) in [5.41, 5.74) is -0.341. The molecule has 0 aromatic heterocycles. The summed E-state index contributed by atoms with van der Waals surface area (Å²) < 4.78 is 10.8. The molecule has 3 fully saturated rings. The standard InChI is InChI=1S/C53H82N12O14/c1-32(2)43-47(72)56-27-39(66)61(9)30-42(69)65-24-18-16-22-38(65)46(71)55-26-36(59-52(77)79-53(5,6)7)50(75)63(11)44(33(3)4)48(73)57-28-40(67)60(8)29-41(68)64-23-17-15-21-37(64)45(70)54-25-35(49(74)62(43)10)58-51(76)78-31-34-19-13-12-14-20-34/h12-14,19-20,32-33,35-38,43-44H,15-18,21-31H2,1-11H3,(H,54,70)(H,55,71)(H,56,72)(H,57,73)(H,58,76)(H,59,77)/t35-,36-,37+,38+,43+,44+/m1/s1. The number of likely N-dealkylation sites (N-methyl/N-ethyl adjacent to an activating group) is 4. The van der Waals surface area contributed by atoms with Crippen LogP contribution in [0.25, 0.3) is 0 Å². The quantitative estimate of drug-likeness (QED) is 0.205.